The van der Waals surface area contributed by atoms with Gasteiger partial charge in [0.1, 0.15) is 5.71 Å². The van der Waals surface area contributed by atoms with E-state index >= 15 is 0 Å². The minimum Gasteiger partial charge on any atom is -0.320 e. The smallest absolute Gasteiger partial charge is 0.276 e. The normalized spacial score (nSPS) is 13.7. The molecular formula is C21H14N4O3. The second-order valence-corrected chi connectivity index (χ2v) is 6.07. The number of nitro benzene ring substituents is 1. The molecule has 0 aromatic heterocycles. The highest BCUT2D eigenvalue weighted by atomic mass is 16.6. The van der Waals surface area contributed by atoms with Crippen LogP contribution in [0.3, 0.4) is 0 Å². The Kier molecular flexibility index (Phi) is 4.47. The predicted octanol–water partition coefficient (Wildman–Crippen LogP) is 3.79. The third-order valence-electron chi connectivity index (χ3n) is 4.28. The van der Waals surface area contributed by atoms with Gasteiger partial charge in [-0.25, -0.2) is 0 Å². The maximum atomic E-state index is 12.3. The molecule has 3 aromatic carbocycles. The lowest BCUT2D eigenvalue weighted by atomic mass is 10.0. The van der Waals surface area contributed by atoms with Crippen LogP contribution in [0.1, 0.15) is 16.7 Å². The molecule has 3 aromatic rings. The maximum Gasteiger partial charge on any atom is 0.276 e. The van der Waals surface area contributed by atoms with Crippen molar-refractivity contribution in [1.29, 1.82) is 0 Å². The van der Waals surface area contributed by atoms with Gasteiger partial charge in [-0.05, 0) is 6.07 Å². The standard InChI is InChI=1S/C21H14N4O3/c26-21-20(17-13-16(25(27)28)11-12-18(17)22-21)24-23-19(14-7-3-1-4-8-14)15-9-5-2-6-10-15/h1-13H,(H,22,24,26). The fraction of sp³-hybridized carbons (Fsp3) is 0. The Hall–Kier alpha value is -4.13. The monoisotopic (exact) mass is 370 g/mol. The van der Waals surface area contributed by atoms with Gasteiger partial charge in [-0.3, -0.25) is 14.9 Å². The van der Waals surface area contributed by atoms with E-state index in [9.17, 15) is 14.9 Å². The van der Waals surface area contributed by atoms with Crippen LogP contribution >= 0.6 is 0 Å². The molecule has 1 aliphatic heterocycles. The Labute approximate surface area is 160 Å². The van der Waals surface area contributed by atoms with Crippen molar-refractivity contribution >= 4 is 28.7 Å². The van der Waals surface area contributed by atoms with E-state index in [4.69, 9.17) is 0 Å². The van der Waals surface area contributed by atoms with Crippen LogP contribution in [0, 0.1) is 10.1 Å². The lowest BCUT2D eigenvalue weighted by molar-refractivity contribution is -0.384. The van der Waals surface area contributed by atoms with Crippen LogP contribution in [0.25, 0.3) is 0 Å². The summed E-state index contributed by atoms with van der Waals surface area (Å²) < 4.78 is 0. The minimum atomic E-state index is -0.511. The highest BCUT2D eigenvalue weighted by molar-refractivity contribution is 6.53. The van der Waals surface area contributed by atoms with Crippen LogP contribution in [0.15, 0.2) is 89.1 Å². The summed E-state index contributed by atoms with van der Waals surface area (Å²) in [5, 5.41) is 22.2. The van der Waals surface area contributed by atoms with Gasteiger partial charge >= 0.3 is 0 Å². The van der Waals surface area contributed by atoms with Gasteiger partial charge in [0, 0.05) is 28.8 Å². The van der Waals surface area contributed by atoms with E-state index in [2.05, 4.69) is 15.5 Å². The first-order valence-corrected chi connectivity index (χ1v) is 8.50. The number of rotatable bonds is 4. The summed E-state index contributed by atoms with van der Waals surface area (Å²) in [5.41, 5.74) is 3.06. The fourth-order valence-electron chi connectivity index (χ4n) is 2.93. The van der Waals surface area contributed by atoms with Gasteiger partial charge in [0.25, 0.3) is 11.6 Å². The van der Waals surface area contributed by atoms with Gasteiger partial charge in [-0.2, -0.15) is 0 Å². The van der Waals surface area contributed by atoms with E-state index < -0.39 is 10.8 Å². The molecule has 0 bridgehead atoms. The second-order valence-electron chi connectivity index (χ2n) is 6.07. The fourth-order valence-corrected chi connectivity index (χ4v) is 2.93. The lowest BCUT2D eigenvalue weighted by Gasteiger charge is -2.05. The third-order valence-corrected chi connectivity index (χ3v) is 4.28. The highest BCUT2D eigenvalue weighted by Gasteiger charge is 2.28. The summed E-state index contributed by atoms with van der Waals surface area (Å²) in [6, 6.07) is 23.1. The topological polar surface area (TPSA) is 97.0 Å². The second kappa shape index (κ2) is 7.24. The minimum absolute atomic E-state index is 0.0445. The number of hydrogen-bond donors (Lipinski definition) is 1. The Morgan fingerprint density at radius 3 is 2.07 bits per heavy atom. The first kappa shape index (κ1) is 17.3. The van der Waals surface area contributed by atoms with E-state index in [0.29, 0.717) is 17.0 Å². The summed E-state index contributed by atoms with van der Waals surface area (Å²) in [7, 11) is 0. The summed E-state index contributed by atoms with van der Waals surface area (Å²) in [6.45, 7) is 0. The number of non-ortho nitro benzene ring substituents is 1. The number of benzene rings is 3. The maximum absolute atomic E-state index is 12.3. The Balaban J connectivity index is 1.83. The van der Waals surface area contributed by atoms with Crippen LogP contribution in [-0.4, -0.2) is 22.3 Å². The largest absolute Gasteiger partial charge is 0.320 e. The summed E-state index contributed by atoms with van der Waals surface area (Å²) in [5.74, 6) is -0.445. The molecule has 7 nitrogen and oxygen atoms in total. The van der Waals surface area contributed by atoms with Gasteiger partial charge in [0.05, 0.1) is 10.6 Å². The molecule has 28 heavy (non-hydrogen) atoms. The molecule has 0 saturated heterocycles. The number of hydrogen-bond acceptors (Lipinski definition) is 5. The molecule has 1 N–H and O–H groups in total. The van der Waals surface area contributed by atoms with E-state index in [0.717, 1.165) is 11.1 Å². The number of carbonyl (C=O) groups excluding carboxylic acids is 1. The first-order valence-electron chi connectivity index (χ1n) is 8.50. The predicted molar refractivity (Wildman–Crippen MR) is 107 cm³/mol. The van der Waals surface area contributed by atoms with Crippen molar-refractivity contribution in [2.75, 3.05) is 5.32 Å². The molecule has 4 rings (SSSR count). The van der Waals surface area contributed by atoms with Crippen molar-refractivity contribution in [3.63, 3.8) is 0 Å². The molecule has 7 heteroatoms. The Bertz CT molecular complexity index is 1080. The average Bonchev–Trinajstić information content (AvgIpc) is 3.04. The molecule has 0 radical (unpaired) electrons. The first-order chi connectivity index (χ1) is 13.6. The number of nitro groups is 1. The number of nitrogens with zero attached hydrogens (tertiary/aromatic N) is 3. The van der Waals surface area contributed by atoms with E-state index in [-0.39, 0.29) is 11.4 Å². The molecule has 1 amide bonds. The zero-order valence-electron chi connectivity index (χ0n) is 14.6. The summed E-state index contributed by atoms with van der Waals surface area (Å²) in [4.78, 5) is 22.9. The van der Waals surface area contributed by atoms with Crippen molar-refractivity contribution in [2.45, 2.75) is 0 Å². The summed E-state index contributed by atoms with van der Waals surface area (Å²) >= 11 is 0. The third kappa shape index (κ3) is 3.28. The molecule has 0 spiro atoms. The number of nitrogens with one attached hydrogen (secondary N) is 1. The number of amides is 1. The number of anilines is 1. The molecule has 0 aliphatic carbocycles. The van der Waals surface area contributed by atoms with Gasteiger partial charge < -0.3 is 5.32 Å². The molecule has 0 fully saturated rings. The van der Waals surface area contributed by atoms with E-state index in [1.165, 1.54) is 18.2 Å². The molecule has 0 atom stereocenters. The van der Waals surface area contributed by atoms with Crippen molar-refractivity contribution in [2.24, 2.45) is 10.2 Å². The van der Waals surface area contributed by atoms with Crippen molar-refractivity contribution in [1.82, 2.24) is 0 Å². The lowest BCUT2D eigenvalue weighted by Crippen LogP contribution is -2.14. The van der Waals surface area contributed by atoms with Crippen molar-refractivity contribution < 1.29 is 9.72 Å². The number of carbonyl (C=O) groups is 1. The van der Waals surface area contributed by atoms with Gasteiger partial charge in [-0.15, -0.1) is 10.2 Å². The van der Waals surface area contributed by atoms with Crippen LogP contribution in [0.4, 0.5) is 11.4 Å². The van der Waals surface area contributed by atoms with Crippen LogP contribution in [0.2, 0.25) is 0 Å². The van der Waals surface area contributed by atoms with Crippen LogP contribution < -0.4 is 5.32 Å². The van der Waals surface area contributed by atoms with Gasteiger partial charge in [-0.1, -0.05) is 60.7 Å². The van der Waals surface area contributed by atoms with Crippen LogP contribution in [0.5, 0.6) is 0 Å². The molecule has 0 unspecified atom stereocenters. The van der Waals surface area contributed by atoms with E-state index in [1.54, 1.807) is 0 Å². The molecule has 136 valence electrons. The molecular weight excluding hydrogens is 356 g/mol. The molecule has 0 saturated carbocycles. The zero-order chi connectivity index (χ0) is 19.5. The quantitative estimate of drug-likeness (QED) is 0.430. The molecule has 1 heterocycles. The van der Waals surface area contributed by atoms with Crippen molar-refractivity contribution in [3.05, 3.63) is 106 Å². The van der Waals surface area contributed by atoms with Gasteiger partial charge in [0.2, 0.25) is 0 Å². The summed E-state index contributed by atoms with van der Waals surface area (Å²) in [6.07, 6.45) is 0. The Morgan fingerprint density at radius 1 is 0.893 bits per heavy atom. The molecule has 1 aliphatic rings. The van der Waals surface area contributed by atoms with E-state index in [1.807, 2.05) is 60.7 Å². The number of fused-ring (bicyclic) bond motifs is 1. The average molecular weight is 370 g/mol. The van der Waals surface area contributed by atoms with Crippen molar-refractivity contribution in [3.8, 4) is 0 Å². The highest BCUT2D eigenvalue weighted by Crippen LogP contribution is 2.28. The zero-order valence-corrected chi connectivity index (χ0v) is 14.6. The van der Waals surface area contributed by atoms with Crippen LogP contribution in [-0.2, 0) is 4.79 Å². The SMILES string of the molecule is O=C1Nc2ccc([N+](=O)[O-])cc2/C1=N\N=C(c1ccccc1)c1ccccc1. The van der Waals surface area contributed by atoms with Gasteiger partial charge in [0.15, 0.2) is 5.71 Å². The Morgan fingerprint density at radius 2 is 1.50 bits per heavy atom.